The third kappa shape index (κ3) is 2.91. The molecule has 1 spiro atoms. The highest BCUT2D eigenvalue weighted by Crippen LogP contribution is 2.42. The summed E-state index contributed by atoms with van der Waals surface area (Å²) in [6.45, 7) is 3.40. The van der Waals surface area contributed by atoms with Crippen molar-refractivity contribution in [3.05, 3.63) is 0 Å². The fourth-order valence-electron chi connectivity index (χ4n) is 4.07. The van der Waals surface area contributed by atoms with Gasteiger partial charge in [-0.05, 0) is 44.4 Å². The van der Waals surface area contributed by atoms with Gasteiger partial charge in [-0.15, -0.1) is 0 Å². The second-order valence-corrected chi connectivity index (χ2v) is 6.82. The van der Waals surface area contributed by atoms with Crippen molar-refractivity contribution in [3.63, 3.8) is 0 Å². The molecule has 1 heterocycles. The first-order valence-electron chi connectivity index (χ1n) is 8.22. The van der Waals surface area contributed by atoms with Gasteiger partial charge in [0.25, 0.3) is 0 Å². The lowest BCUT2D eigenvalue weighted by atomic mass is 9.83. The summed E-state index contributed by atoms with van der Waals surface area (Å²) in [4.78, 5) is 0. The number of hydrogen-bond acceptors (Lipinski definition) is 2. The Balaban J connectivity index is 1.38. The van der Waals surface area contributed by atoms with Crippen LogP contribution in [0.15, 0.2) is 0 Å². The molecule has 3 aliphatic rings. The molecule has 2 aliphatic carbocycles. The highest BCUT2D eigenvalue weighted by Gasteiger charge is 2.42. The van der Waals surface area contributed by atoms with Crippen LogP contribution in [-0.2, 0) is 4.74 Å². The fourth-order valence-corrected chi connectivity index (χ4v) is 4.07. The molecule has 3 rings (SSSR count). The van der Waals surface area contributed by atoms with Gasteiger partial charge in [0.15, 0.2) is 0 Å². The van der Waals surface area contributed by atoms with Gasteiger partial charge in [-0.2, -0.15) is 0 Å². The second-order valence-electron chi connectivity index (χ2n) is 6.82. The lowest BCUT2D eigenvalue weighted by Crippen LogP contribution is -2.35. The van der Waals surface area contributed by atoms with E-state index in [2.05, 4.69) is 12.2 Å². The smallest absolute Gasteiger partial charge is 0.0708 e. The fraction of sp³-hybridized carbons (Fsp3) is 1.00. The Morgan fingerprint density at radius 2 is 2.00 bits per heavy atom. The van der Waals surface area contributed by atoms with E-state index < -0.39 is 0 Å². The number of hydrogen-bond donors (Lipinski definition) is 1. The normalized spacial score (nSPS) is 38.2. The van der Waals surface area contributed by atoms with Gasteiger partial charge in [-0.1, -0.05) is 32.6 Å². The van der Waals surface area contributed by atoms with E-state index in [4.69, 9.17) is 4.74 Å². The van der Waals surface area contributed by atoms with Crippen molar-refractivity contribution in [2.45, 2.75) is 88.9 Å². The molecule has 1 saturated heterocycles. The van der Waals surface area contributed by atoms with Crippen molar-refractivity contribution in [1.29, 1.82) is 0 Å². The van der Waals surface area contributed by atoms with Crippen molar-refractivity contribution in [2.75, 3.05) is 6.54 Å². The monoisotopic (exact) mass is 251 g/mol. The first-order chi connectivity index (χ1) is 8.81. The molecule has 0 amide bonds. The highest BCUT2D eigenvalue weighted by atomic mass is 16.5. The van der Waals surface area contributed by atoms with Crippen LogP contribution >= 0.6 is 0 Å². The molecule has 3 atom stereocenters. The molecule has 0 radical (unpaired) electrons. The van der Waals surface area contributed by atoms with Crippen LogP contribution in [0.4, 0.5) is 0 Å². The lowest BCUT2D eigenvalue weighted by molar-refractivity contribution is -0.0625. The van der Waals surface area contributed by atoms with Crippen molar-refractivity contribution in [3.8, 4) is 0 Å². The third-order valence-corrected chi connectivity index (χ3v) is 5.29. The Bertz CT molecular complexity index is 272. The zero-order valence-electron chi connectivity index (χ0n) is 11.9. The van der Waals surface area contributed by atoms with Crippen LogP contribution in [-0.4, -0.2) is 24.3 Å². The Hall–Kier alpha value is -0.0800. The van der Waals surface area contributed by atoms with E-state index in [-0.39, 0.29) is 0 Å². The number of rotatable bonds is 5. The predicted octanol–water partition coefficient (Wildman–Crippen LogP) is 3.65. The predicted molar refractivity (Wildman–Crippen MR) is 74.7 cm³/mol. The molecular weight excluding hydrogens is 222 g/mol. The summed E-state index contributed by atoms with van der Waals surface area (Å²) in [6.07, 6.45) is 14.1. The summed E-state index contributed by atoms with van der Waals surface area (Å²) in [6, 6.07) is 0.816. The van der Waals surface area contributed by atoms with Crippen LogP contribution in [0.1, 0.15) is 71.1 Å². The van der Waals surface area contributed by atoms with E-state index in [1.807, 2.05) is 0 Å². The average molecular weight is 251 g/mol. The SMILES string of the molecule is CCCC1CC1NCC1CCC2(CCCCC2)O1. The van der Waals surface area contributed by atoms with Crippen molar-refractivity contribution in [2.24, 2.45) is 5.92 Å². The van der Waals surface area contributed by atoms with Crippen LogP contribution in [0.2, 0.25) is 0 Å². The Morgan fingerprint density at radius 1 is 1.17 bits per heavy atom. The van der Waals surface area contributed by atoms with E-state index in [1.54, 1.807) is 0 Å². The standard InChI is InChI=1S/C16H29NO/c1-2-6-13-11-15(13)17-12-14-7-10-16(18-14)8-4-3-5-9-16/h13-15,17H,2-12H2,1H3. The van der Waals surface area contributed by atoms with E-state index in [0.29, 0.717) is 11.7 Å². The quantitative estimate of drug-likeness (QED) is 0.805. The minimum absolute atomic E-state index is 0.303. The molecule has 1 N–H and O–H groups in total. The molecule has 2 nitrogen and oxygen atoms in total. The minimum atomic E-state index is 0.303. The van der Waals surface area contributed by atoms with E-state index in [1.165, 1.54) is 64.2 Å². The summed E-state index contributed by atoms with van der Waals surface area (Å²) >= 11 is 0. The minimum Gasteiger partial charge on any atom is -0.370 e. The van der Waals surface area contributed by atoms with Gasteiger partial charge in [-0.3, -0.25) is 0 Å². The maximum Gasteiger partial charge on any atom is 0.0708 e. The van der Waals surface area contributed by atoms with Crippen LogP contribution in [0.25, 0.3) is 0 Å². The topological polar surface area (TPSA) is 21.3 Å². The zero-order chi connectivity index (χ0) is 12.4. The van der Waals surface area contributed by atoms with Crippen LogP contribution in [0.5, 0.6) is 0 Å². The molecule has 104 valence electrons. The molecule has 0 aromatic carbocycles. The van der Waals surface area contributed by atoms with Gasteiger partial charge in [0, 0.05) is 12.6 Å². The summed E-state index contributed by atoms with van der Waals surface area (Å²) < 4.78 is 6.40. The molecule has 18 heavy (non-hydrogen) atoms. The maximum atomic E-state index is 6.40. The largest absolute Gasteiger partial charge is 0.370 e. The summed E-state index contributed by atoms with van der Waals surface area (Å²) in [5.74, 6) is 0.972. The molecule has 2 saturated carbocycles. The first-order valence-corrected chi connectivity index (χ1v) is 8.22. The molecule has 3 fully saturated rings. The summed E-state index contributed by atoms with van der Waals surface area (Å²) in [5, 5.41) is 3.73. The van der Waals surface area contributed by atoms with E-state index in [9.17, 15) is 0 Å². The molecule has 3 unspecified atom stereocenters. The Labute approximate surface area is 112 Å². The average Bonchev–Trinajstić information content (AvgIpc) is 3.02. The van der Waals surface area contributed by atoms with Gasteiger partial charge in [0.05, 0.1) is 11.7 Å². The Kier molecular flexibility index (Phi) is 3.95. The van der Waals surface area contributed by atoms with E-state index >= 15 is 0 Å². The molecule has 1 aliphatic heterocycles. The summed E-state index contributed by atoms with van der Waals surface area (Å²) in [7, 11) is 0. The van der Waals surface area contributed by atoms with Crippen LogP contribution < -0.4 is 5.32 Å². The second kappa shape index (κ2) is 5.50. The zero-order valence-corrected chi connectivity index (χ0v) is 11.9. The first kappa shape index (κ1) is 12.9. The number of nitrogens with one attached hydrogen (secondary N) is 1. The van der Waals surface area contributed by atoms with Gasteiger partial charge < -0.3 is 10.1 Å². The Morgan fingerprint density at radius 3 is 2.78 bits per heavy atom. The van der Waals surface area contributed by atoms with Crippen molar-refractivity contribution >= 4 is 0 Å². The van der Waals surface area contributed by atoms with Crippen molar-refractivity contribution in [1.82, 2.24) is 5.32 Å². The van der Waals surface area contributed by atoms with Gasteiger partial charge >= 0.3 is 0 Å². The van der Waals surface area contributed by atoms with Crippen molar-refractivity contribution < 1.29 is 4.74 Å². The molecule has 0 bridgehead atoms. The molecular formula is C16H29NO. The molecule has 2 heteroatoms. The van der Waals surface area contributed by atoms with Gasteiger partial charge in [0.1, 0.15) is 0 Å². The van der Waals surface area contributed by atoms with Gasteiger partial charge in [0.2, 0.25) is 0 Å². The maximum absolute atomic E-state index is 6.40. The molecule has 0 aromatic heterocycles. The highest BCUT2D eigenvalue weighted by molar-refractivity contribution is 4.95. The lowest BCUT2D eigenvalue weighted by Gasteiger charge is -2.33. The number of ether oxygens (including phenoxy) is 1. The van der Waals surface area contributed by atoms with E-state index in [0.717, 1.165) is 18.5 Å². The summed E-state index contributed by atoms with van der Waals surface area (Å²) in [5.41, 5.74) is 0.303. The van der Waals surface area contributed by atoms with Crippen LogP contribution in [0.3, 0.4) is 0 Å². The van der Waals surface area contributed by atoms with Crippen LogP contribution in [0, 0.1) is 5.92 Å². The third-order valence-electron chi connectivity index (χ3n) is 5.29. The van der Waals surface area contributed by atoms with Gasteiger partial charge in [-0.25, -0.2) is 0 Å². The molecule has 0 aromatic rings.